The molecule has 0 radical (unpaired) electrons. The van der Waals surface area contributed by atoms with E-state index in [1.165, 1.54) is 6.42 Å². The van der Waals surface area contributed by atoms with Crippen molar-refractivity contribution in [1.82, 2.24) is 5.32 Å². The van der Waals surface area contributed by atoms with Crippen molar-refractivity contribution in [1.29, 1.82) is 0 Å². The highest BCUT2D eigenvalue weighted by Gasteiger charge is 2.08. The smallest absolute Gasteiger partial charge is 0.139 e. The Morgan fingerprint density at radius 2 is 1.93 bits per heavy atom. The van der Waals surface area contributed by atoms with E-state index in [1.807, 2.05) is 0 Å². The van der Waals surface area contributed by atoms with Crippen LogP contribution >= 0.6 is 0 Å². The molecule has 4 N–H and O–H groups in total. The lowest BCUT2D eigenvalue weighted by molar-refractivity contribution is 0.316. The molecule has 0 atom stereocenters. The molecule has 0 bridgehead atoms. The molecule has 0 aliphatic carbocycles. The highest BCUT2D eigenvalue weighted by molar-refractivity contribution is 5.79. The first-order valence-corrected chi connectivity index (χ1v) is 5.63. The highest BCUT2D eigenvalue weighted by atomic mass is 16.4. The van der Waals surface area contributed by atoms with Gasteiger partial charge in [0, 0.05) is 6.42 Å². The van der Waals surface area contributed by atoms with Crippen molar-refractivity contribution in [2.75, 3.05) is 13.1 Å². The maximum atomic E-state index is 8.31. The molecule has 15 heavy (non-hydrogen) atoms. The molecule has 0 spiro atoms. The van der Waals surface area contributed by atoms with Crippen LogP contribution in [0.4, 0.5) is 0 Å². The number of nitrogens with zero attached hydrogens (tertiary/aromatic N) is 1. The number of nitrogens with one attached hydrogen (secondary N) is 1. The first-order chi connectivity index (χ1) is 6.95. The van der Waals surface area contributed by atoms with Crippen molar-refractivity contribution < 1.29 is 5.21 Å². The number of oxime groups is 1. The van der Waals surface area contributed by atoms with Crippen molar-refractivity contribution in [3.8, 4) is 0 Å². The molecule has 0 aromatic carbocycles. The second-order valence-corrected chi connectivity index (χ2v) is 5.11. The van der Waals surface area contributed by atoms with E-state index in [2.05, 4.69) is 31.2 Å². The van der Waals surface area contributed by atoms with Crippen LogP contribution in [-0.2, 0) is 0 Å². The normalized spacial score (nSPS) is 13.1. The largest absolute Gasteiger partial charge is 0.409 e. The van der Waals surface area contributed by atoms with Crippen LogP contribution in [0.25, 0.3) is 0 Å². The van der Waals surface area contributed by atoms with Gasteiger partial charge < -0.3 is 16.3 Å². The minimum absolute atomic E-state index is 0.324. The molecule has 0 fully saturated rings. The second-order valence-electron chi connectivity index (χ2n) is 5.11. The number of unbranched alkanes of at least 4 members (excludes halogenated alkanes) is 1. The maximum Gasteiger partial charge on any atom is 0.139 e. The maximum absolute atomic E-state index is 8.31. The molecule has 4 nitrogen and oxygen atoms in total. The van der Waals surface area contributed by atoms with Crippen molar-refractivity contribution >= 4 is 5.84 Å². The molecule has 0 saturated heterocycles. The van der Waals surface area contributed by atoms with Crippen molar-refractivity contribution in [3.05, 3.63) is 0 Å². The van der Waals surface area contributed by atoms with Crippen LogP contribution in [-0.4, -0.2) is 24.1 Å². The highest BCUT2D eigenvalue weighted by Crippen LogP contribution is 2.16. The Bertz CT molecular complexity index is 185. The predicted molar refractivity (Wildman–Crippen MR) is 64.2 cm³/mol. The van der Waals surface area contributed by atoms with E-state index in [0.29, 0.717) is 17.7 Å². The minimum atomic E-state index is 0.324. The molecular formula is C11H25N3O. The van der Waals surface area contributed by atoms with Gasteiger partial charge in [0.2, 0.25) is 0 Å². The quantitative estimate of drug-likeness (QED) is 0.200. The predicted octanol–water partition coefficient (Wildman–Crippen LogP) is 1.93. The van der Waals surface area contributed by atoms with E-state index >= 15 is 0 Å². The minimum Gasteiger partial charge on any atom is -0.409 e. The van der Waals surface area contributed by atoms with Gasteiger partial charge >= 0.3 is 0 Å². The van der Waals surface area contributed by atoms with Gasteiger partial charge in [-0.1, -0.05) is 25.9 Å². The summed E-state index contributed by atoms with van der Waals surface area (Å²) in [7, 11) is 0. The van der Waals surface area contributed by atoms with E-state index in [9.17, 15) is 0 Å². The number of nitrogens with two attached hydrogens (primary N) is 1. The third-order valence-electron chi connectivity index (χ3n) is 2.22. The van der Waals surface area contributed by atoms with Gasteiger partial charge in [-0.2, -0.15) is 0 Å². The summed E-state index contributed by atoms with van der Waals surface area (Å²) in [6, 6.07) is 0. The van der Waals surface area contributed by atoms with Crippen LogP contribution in [0.5, 0.6) is 0 Å². The number of hydrogen-bond donors (Lipinski definition) is 3. The first-order valence-electron chi connectivity index (χ1n) is 5.63. The molecule has 0 rings (SSSR count). The van der Waals surface area contributed by atoms with Gasteiger partial charge in [-0.3, -0.25) is 0 Å². The van der Waals surface area contributed by atoms with Crippen LogP contribution < -0.4 is 11.1 Å². The van der Waals surface area contributed by atoms with E-state index in [0.717, 1.165) is 25.9 Å². The summed E-state index contributed by atoms with van der Waals surface area (Å²) < 4.78 is 0. The Labute approximate surface area is 92.9 Å². The zero-order chi connectivity index (χ0) is 11.7. The van der Waals surface area contributed by atoms with E-state index in [1.54, 1.807) is 0 Å². The Kier molecular flexibility index (Phi) is 7.13. The molecule has 0 aliphatic heterocycles. The summed E-state index contributed by atoms with van der Waals surface area (Å²) in [5.41, 5.74) is 5.75. The lowest BCUT2D eigenvalue weighted by atomic mass is 9.92. The fourth-order valence-corrected chi connectivity index (χ4v) is 1.19. The lowest BCUT2D eigenvalue weighted by Gasteiger charge is -2.17. The van der Waals surface area contributed by atoms with Crippen LogP contribution in [0.3, 0.4) is 0 Å². The molecule has 0 amide bonds. The van der Waals surface area contributed by atoms with Crippen LogP contribution in [0.2, 0.25) is 0 Å². The van der Waals surface area contributed by atoms with Gasteiger partial charge in [0.15, 0.2) is 0 Å². The Hall–Kier alpha value is -0.770. The van der Waals surface area contributed by atoms with E-state index in [-0.39, 0.29) is 0 Å². The zero-order valence-electron chi connectivity index (χ0n) is 10.2. The van der Waals surface area contributed by atoms with Crippen molar-refractivity contribution in [2.45, 2.75) is 46.5 Å². The summed E-state index contributed by atoms with van der Waals surface area (Å²) in [6.45, 7) is 8.80. The molecule has 0 heterocycles. The van der Waals surface area contributed by atoms with E-state index < -0.39 is 0 Å². The summed E-state index contributed by atoms with van der Waals surface area (Å²) in [6.07, 6.45) is 3.91. The van der Waals surface area contributed by atoms with Crippen molar-refractivity contribution in [3.63, 3.8) is 0 Å². The summed E-state index contributed by atoms with van der Waals surface area (Å²) in [5.74, 6) is 0.324. The standard InChI is InChI=1S/C11H25N3O/c1-11(2,3)7-9-13-8-5-4-6-10(12)14-15/h13,15H,4-9H2,1-3H3,(H2,12,14). The Morgan fingerprint density at radius 3 is 2.47 bits per heavy atom. The monoisotopic (exact) mass is 215 g/mol. The molecule has 0 saturated carbocycles. The van der Waals surface area contributed by atoms with Gasteiger partial charge in [-0.15, -0.1) is 0 Å². The average molecular weight is 215 g/mol. The summed E-state index contributed by atoms with van der Waals surface area (Å²) >= 11 is 0. The third kappa shape index (κ3) is 11.2. The fraction of sp³-hybridized carbons (Fsp3) is 0.909. The lowest BCUT2D eigenvalue weighted by Crippen LogP contribution is -2.22. The fourth-order valence-electron chi connectivity index (χ4n) is 1.19. The molecule has 0 aliphatic rings. The molecular weight excluding hydrogens is 190 g/mol. The van der Waals surface area contributed by atoms with E-state index in [4.69, 9.17) is 10.9 Å². The van der Waals surface area contributed by atoms with Crippen molar-refractivity contribution in [2.24, 2.45) is 16.3 Å². The van der Waals surface area contributed by atoms with Crippen LogP contribution in [0.1, 0.15) is 46.5 Å². The van der Waals surface area contributed by atoms with Gasteiger partial charge in [0.25, 0.3) is 0 Å². The van der Waals surface area contributed by atoms with Gasteiger partial charge in [0.1, 0.15) is 5.84 Å². The number of amidine groups is 1. The Morgan fingerprint density at radius 1 is 1.27 bits per heavy atom. The van der Waals surface area contributed by atoms with Gasteiger partial charge in [-0.25, -0.2) is 0 Å². The molecule has 90 valence electrons. The average Bonchev–Trinajstić information content (AvgIpc) is 2.14. The summed E-state index contributed by atoms with van der Waals surface area (Å²) in [5, 5.41) is 14.6. The Balaban J connectivity index is 3.19. The molecule has 4 heteroatoms. The SMILES string of the molecule is CC(C)(C)CCNCCCCC(N)=NO. The number of hydrogen-bond acceptors (Lipinski definition) is 3. The third-order valence-corrected chi connectivity index (χ3v) is 2.22. The molecule has 0 aromatic rings. The topological polar surface area (TPSA) is 70.6 Å². The summed E-state index contributed by atoms with van der Waals surface area (Å²) in [4.78, 5) is 0. The second kappa shape index (κ2) is 7.51. The van der Waals surface area contributed by atoms with Gasteiger partial charge in [-0.05, 0) is 37.8 Å². The molecule has 0 aromatic heterocycles. The van der Waals surface area contributed by atoms with Crippen LogP contribution in [0, 0.1) is 5.41 Å². The van der Waals surface area contributed by atoms with Gasteiger partial charge in [0.05, 0.1) is 0 Å². The molecule has 0 unspecified atom stereocenters. The zero-order valence-corrected chi connectivity index (χ0v) is 10.2. The first kappa shape index (κ1) is 14.2. The van der Waals surface area contributed by atoms with Crippen LogP contribution in [0.15, 0.2) is 5.16 Å². The number of rotatable bonds is 7.